The Bertz CT molecular complexity index is 1010. The topological polar surface area (TPSA) is 123 Å². The molecule has 0 fully saturated rings. The summed E-state index contributed by atoms with van der Waals surface area (Å²) in [5.74, 6) is -0.407. The Morgan fingerprint density at radius 1 is 1.25 bits per heavy atom. The van der Waals surface area contributed by atoms with Gasteiger partial charge in [0.25, 0.3) is 0 Å². The molecule has 28 heavy (non-hydrogen) atoms. The minimum atomic E-state index is -0.447. The van der Waals surface area contributed by atoms with E-state index in [4.69, 9.17) is 4.74 Å². The number of phenols is 1. The van der Waals surface area contributed by atoms with Crippen LogP contribution in [0.25, 0.3) is 5.69 Å². The number of thioether (sulfide) groups is 1. The van der Waals surface area contributed by atoms with Crippen molar-refractivity contribution in [1.29, 1.82) is 0 Å². The highest BCUT2D eigenvalue weighted by Crippen LogP contribution is 2.24. The van der Waals surface area contributed by atoms with Gasteiger partial charge in [-0.25, -0.2) is 4.79 Å². The Hall–Kier alpha value is -3.14. The highest BCUT2D eigenvalue weighted by Gasteiger charge is 2.23. The fraction of sp³-hybridized carbons (Fsp3) is 0.278. The summed E-state index contributed by atoms with van der Waals surface area (Å²) >= 11 is 1.18. The number of aromatic hydroxyl groups is 1. The van der Waals surface area contributed by atoms with Crippen LogP contribution in [0.3, 0.4) is 0 Å². The Morgan fingerprint density at radius 2 is 1.96 bits per heavy atom. The smallest absolute Gasteiger partial charge is 0.340 e. The second-order valence-electron chi connectivity index (χ2n) is 5.95. The number of aromatic amines is 1. The van der Waals surface area contributed by atoms with E-state index in [0.29, 0.717) is 33.4 Å². The molecule has 0 unspecified atom stereocenters. The molecule has 2 aromatic heterocycles. The first-order valence-corrected chi connectivity index (χ1v) is 9.51. The van der Waals surface area contributed by atoms with Crippen molar-refractivity contribution in [1.82, 2.24) is 25.2 Å². The van der Waals surface area contributed by atoms with Gasteiger partial charge in [-0.15, -0.1) is 5.10 Å². The third-order valence-electron chi connectivity index (χ3n) is 4.06. The molecule has 0 radical (unpaired) electrons. The molecule has 0 aliphatic carbocycles. The molecule has 0 saturated carbocycles. The van der Waals surface area contributed by atoms with Gasteiger partial charge in [0, 0.05) is 5.69 Å². The van der Waals surface area contributed by atoms with Gasteiger partial charge in [-0.1, -0.05) is 11.8 Å². The fourth-order valence-electron chi connectivity index (χ4n) is 2.77. The Labute approximate surface area is 165 Å². The first-order valence-electron chi connectivity index (χ1n) is 8.52. The molecule has 0 atom stereocenters. The lowest BCUT2D eigenvalue weighted by molar-refractivity contribution is 0.0525. The van der Waals surface area contributed by atoms with Crippen molar-refractivity contribution in [2.45, 2.75) is 25.9 Å². The first kappa shape index (κ1) is 19.6. The standard InChI is InChI=1S/C18H19N5O4S/c1-4-27-17(26)15-10(2)16(19-11(15)3)14(25)9-28-18-20-21-22-23(18)12-5-7-13(24)8-6-12/h5-8,19,24H,4,9H2,1-3H3. The minimum absolute atomic E-state index is 0.0848. The number of tetrazole rings is 1. The quantitative estimate of drug-likeness (QED) is 0.352. The molecule has 146 valence electrons. The number of nitrogens with zero attached hydrogens (tertiary/aromatic N) is 4. The van der Waals surface area contributed by atoms with E-state index in [0.717, 1.165) is 0 Å². The zero-order valence-corrected chi connectivity index (χ0v) is 16.4. The SMILES string of the molecule is CCOC(=O)c1c(C)[nH]c(C(=O)CSc2nnnn2-c2ccc(O)cc2)c1C. The van der Waals surface area contributed by atoms with Crippen LogP contribution in [0.15, 0.2) is 29.4 Å². The number of Topliss-reactive ketones (excluding diaryl/α,β-unsaturated/α-hetero) is 1. The Kier molecular flexibility index (Phi) is 5.78. The van der Waals surface area contributed by atoms with Crippen LogP contribution in [0.2, 0.25) is 0 Å². The van der Waals surface area contributed by atoms with Crippen LogP contribution in [0.4, 0.5) is 0 Å². The number of rotatable bonds is 7. The van der Waals surface area contributed by atoms with E-state index in [9.17, 15) is 14.7 Å². The normalized spacial score (nSPS) is 10.8. The van der Waals surface area contributed by atoms with Gasteiger partial charge in [-0.3, -0.25) is 4.79 Å². The van der Waals surface area contributed by atoms with Crippen molar-refractivity contribution < 1.29 is 19.4 Å². The van der Waals surface area contributed by atoms with Crippen molar-refractivity contribution in [2.75, 3.05) is 12.4 Å². The molecule has 0 aliphatic heterocycles. The van der Waals surface area contributed by atoms with E-state index >= 15 is 0 Å². The maximum atomic E-state index is 12.7. The zero-order valence-electron chi connectivity index (χ0n) is 15.6. The lowest BCUT2D eigenvalue weighted by Crippen LogP contribution is -2.09. The number of carbonyl (C=O) groups is 2. The first-order chi connectivity index (χ1) is 13.4. The number of hydrogen-bond acceptors (Lipinski definition) is 8. The molecule has 2 heterocycles. The largest absolute Gasteiger partial charge is 0.508 e. The number of aryl methyl sites for hydroxylation is 1. The number of ketones is 1. The average Bonchev–Trinajstić information content (AvgIpc) is 3.24. The molecule has 9 nitrogen and oxygen atoms in total. The molecule has 2 N–H and O–H groups in total. The van der Waals surface area contributed by atoms with Gasteiger partial charge < -0.3 is 14.8 Å². The van der Waals surface area contributed by atoms with Crippen LogP contribution in [0.1, 0.15) is 39.0 Å². The molecule has 0 aliphatic rings. The van der Waals surface area contributed by atoms with Crippen LogP contribution >= 0.6 is 11.8 Å². The molecule has 0 spiro atoms. The van der Waals surface area contributed by atoms with E-state index in [1.807, 2.05) is 0 Å². The van der Waals surface area contributed by atoms with Crippen molar-refractivity contribution in [3.63, 3.8) is 0 Å². The Balaban J connectivity index is 1.76. The summed E-state index contributed by atoms with van der Waals surface area (Å²) in [4.78, 5) is 27.8. The third-order valence-corrected chi connectivity index (χ3v) is 4.98. The number of aromatic nitrogens is 5. The van der Waals surface area contributed by atoms with E-state index in [-0.39, 0.29) is 23.9 Å². The van der Waals surface area contributed by atoms with Gasteiger partial charge in [0.05, 0.1) is 29.3 Å². The molecule has 0 amide bonds. The summed E-state index contributed by atoms with van der Waals surface area (Å²) in [5.41, 5.74) is 2.59. The molecule has 1 aromatic carbocycles. The van der Waals surface area contributed by atoms with E-state index < -0.39 is 5.97 Å². The van der Waals surface area contributed by atoms with Gasteiger partial charge in [0.2, 0.25) is 5.16 Å². The van der Waals surface area contributed by atoms with Gasteiger partial charge >= 0.3 is 5.97 Å². The summed E-state index contributed by atoms with van der Waals surface area (Å²) in [6.45, 7) is 5.45. The number of phenolic OH excluding ortho intramolecular Hbond substituents is 1. The predicted molar refractivity (Wildman–Crippen MR) is 102 cm³/mol. The maximum absolute atomic E-state index is 12.7. The highest BCUT2D eigenvalue weighted by molar-refractivity contribution is 7.99. The van der Waals surface area contributed by atoms with Crippen LogP contribution in [-0.4, -0.2) is 54.4 Å². The molecule has 10 heteroatoms. The van der Waals surface area contributed by atoms with Crippen LogP contribution in [0, 0.1) is 13.8 Å². The van der Waals surface area contributed by atoms with Crippen LogP contribution in [-0.2, 0) is 4.74 Å². The third kappa shape index (κ3) is 3.91. The molecule has 3 rings (SSSR count). The van der Waals surface area contributed by atoms with Gasteiger partial charge in [-0.05, 0) is 61.0 Å². The number of benzene rings is 1. The Morgan fingerprint density at radius 3 is 2.64 bits per heavy atom. The van der Waals surface area contributed by atoms with Crippen molar-refractivity contribution in [3.8, 4) is 11.4 Å². The number of nitrogens with one attached hydrogen (secondary N) is 1. The van der Waals surface area contributed by atoms with Crippen LogP contribution < -0.4 is 0 Å². The average molecular weight is 401 g/mol. The van der Waals surface area contributed by atoms with Crippen molar-refractivity contribution in [3.05, 3.63) is 46.8 Å². The van der Waals surface area contributed by atoms with Crippen molar-refractivity contribution >= 4 is 23.5 Å². The summed E-state index contributed by atoms with van der Waals surface area (Å²) in [6.07, 6.45) is 0. The maximum Gasteiger partial charge on any atom is 0.340 e. The van der Waals surface area contributed by atoms with Gasteiger partial charge in [-0.2, -0.15) is 4.68 Å². The summed E-state index contributed by atoms with van der Waals surface area (Å²) in [7, 11) is 0. The van der Waals surface area contributed by atoms with E-state index in [1.54, 1.807) is 32.9 Å². The second kappa shape index (κ2) is 8.26. The predicted octanol–water partition coefficient (Wildman–Crippen LogP) is 2.46. The van der Waals surface area contributed by atoms with Gasteiger partial charge in [0.1, 0.15) is 5.75 Å². The molecular weight excluding hydrogens is 382 g/mol. The number of carbonyl (C=O) groups excluding carboxylic acids is 2. The lowest BCUT2D eigenvalue weighted by atomic mass is 10.1. The van der Waals surface area contributed by atoms with Crippen LogP contribution in [0.5, 0.6) is 5.75 Å². The highest BCUT2D eigenvalue weighted by atomic mass is 32.2. The summed E-state index contributed by atoms with van der Waals surface area (Å²) in [5, 5.41) is 21.4. The number of ether oxygens (including phenoxy) is 1. The lowest BCUT2D eigenvalue weighted by Gasteiger charge is -2.04. The zero-order chi connectivity index (χ0) is 20.3. The van der Waals surface area contributed by atoms with Crippen molar-refractivity contribution in [2.24, 2.45) is 0 Å². The summed E-state index contributed by atoms with van der Waals surface area (Å²) < 4.78 is 6.53. The number of hydrogen-bond donors (Lipinski definition) is 2. The molecule has 0 saturated heterocycles. The molecule has 3 aromatic rings. The van der Waals surface area contributed by atoms with E-state index in [1.165, 1.54) is 28.6 Å². The monoisotopic (exact) mass is 401 g/mol. The van der Waals surface area contributed by atoms with E-state index in [2.05, 4.69) is 20.5 Å². The minimum Gasteiger partial charge on any atom is -0.508 e. The number of H-pyrrole nitrogens is 1. The number of esters is 1. The molecule has 0 bridgehead atoms. The second-order valence-corrected chi connectivity index (χ2v) is 6.89. The molecular formula is C18H19N5O4S. The summed E-state index contributed by atoms with van der Waals surface area (Å²) in [6, 6.07) is 6.39. The fourth-order valence-corrected chi connectivity index (χ4v) is 3.53. The van der Waals surface area contributed by atoms with Gasteiger partial charge in [0.15, 0.2) is 5.78 Å².